The van der Waals surface area contributed by atoms with E-state index in [-0.39, 0.29) is 0 Å². The topological polar surface area (TPSA) is 0 Å². The summed E-state index contributed by atoms with van der Waals surface area (Å²) in [6.07, 6.45) is 5.22. The molecule has 1 aromatic rings. The van der Waals surface area contributed by atoms with Crippen molar-refractivity contribution in [2.24, 2.45) is 0 Å². The van der Waals surface area contributed by atoms with Gasteiger partial charge in [-0.3, -0.25) is 0 Å². The highest BCUT2D eigenvalue weighted by atomic mass is 14.4. The minimum atomic E-state index is 0.532. The summed E-state index contributed by atoms with van der Waals surface area (Å²) < 4.78 is 0. The minimum absolute atomic E-state index is 0.532. The molecular formula is C13H18. The number of benzene rings is 1. The molecule has 0 N–H and O–H groups in total. The fourth-order valence-electron chi connectivity index (χ4n) is 1.84. The van der Waals surface area contributed by atoms with Crippen LogP contribution < -0.4 is 0 Å². The fraction of sp³-hybridized carbons (Fsp3) is 0.538. The molecule has 0 unspecified atom stereocenters. The highest BCUT2D eigenvalue weighted by Crippen LogP contribution is 2.47. The standard InChI is InChI=1S/C13H18/c1-3-4-11-5-7-12(8-6-11)13(2)9-10-13/h5-8H,3-4,9-10H2,1-2H3. The van der Waals surface area contributed by atoms with Gasteiger partial charge in [-0.25, -0.2) is 0 Å². The summed E-state index contributed by atoms with van der Waals surface area (Å²) in [5, 5.41) is 0. The smallest absolute Gasteiger partial charge is 0.00746 e. The maximum absolute atomic E-state index is 2.36. The van der Waals surface area contributed by atoms with Gasteiger partial charge in [-0.05, 0) is 35.8 Å². The van der Waals surface area contributed by atoms with Crippen molar-refractivity contribution in [1.82, 2.24) is 0 Å². The van der Waals surface area contributed by atoms with Gasteiger partial charge in [0.15, 0.2) is 0 Å². The molecular weight excluding hydrogens is 156 g/mol. The summed E-state index contributed by atoms with van der Waals surface area (Å²) in [4.78, 5) is 0. The molecule has 0 atom stereocenters. The van der Waals surface area contributed by atoms with Crippen molar-refractivity contribution in [3.63, 3.8) is 0 Å². The minimum Gasteiger partial charge on any atom is -0.0651 e. The molecule has 1 saturated carbocycles. The normalized spacial score (nSPS) is 18.6. The van der Waals surface area contributed by atoms with Crippen LogP contribution in [0, 0.1) is 0 Å². The van der Waals surface area contributed by atoms with Crippen molar-refractivity contribution in [2.75, 3.05) is 0 Å². The molecule has 0 heteroatoms. The Morgan fingerprint density at radius 2 is 1.77 bits per heavy atom. The van der Waals surface area contributed by atoms with Gasteiger partial charge in [0.05, 0.1) is 0 Å². The molecule has 1 aliphatic rings. The van der Waals surface area contributed by atoms with Gasteiger partial charge in [0.1, 0.15) is 0 Å². The second-order valence-corrected chi connectivity index (χ2v) is 4.51. The van der Waals surface area contributed by atoms with E-state index in [2.05, 4.69) is 38.1 Å². The van der Waals surface area contributed by atoms with E-state index < -0.39 is 0 Å². The molecule has 1 fully saturated rings. The zero-order chi connectivity index (χ0) is 9.31. The van der Waals surface area contributed by atoms with Gasteiger partial charge in [0.25, 0.3) is 0 Å². The fourth-order valence-corrected chi connectivity index (χ4v) is 1.84. The second-order valence-electron chi connectivity index (χ2n) is 4.51. The molecule has 0 nitrogen and oxygen atoms in total. The highest BCUT2D eigenvalue weighted by Gasteiger charge is 2.38. The second kappa shape index (κ2) is 3.17. The van der Waals surface area contributed by atoms with Crippen LogP contribution in [0.25, 0.3) is 0 Å². The Kier molecular flexibility index (Phi) is 2.15. The maximum Gasteiger partial charge on any atom is -0.00746 e. The van der Waals surface area contributed by atoms with Gasteiger partial charge in [0.2, 0.25) is 0 Å². The Morgan fingerprint density at radius 1 is 1.15 bits per heavy atom. The zero-order valence-corrected chi connectivity index (χ0v) is 8.64. The summed E-state index contributed by atoms with van der Waals surface area (Å²) in [6, 6.07) is 9.22. The highest BCUT2D eigenvalue weighted by molar-refractivity contribution is 5.32. The van der Waals surface area contributed by atoms with Crippen LogP contribution in [0.5, 0.6) is 0 Å². The predicted octanol–water partition coefficient (Wildman–Crippen LogP) is 3.69. The van der Waals surface area contributed by atoms with Crippen molar-refractivity contribution in [3.8, 4) is 0 Å². The van der Waals surface area contributed by atoms with E-state index in [9.17, 15) is 0 Å². The zero-order valence-electron chi connectivity index (χ0n) is 8.64. The van der Waals surface area contributed by atoms with Crippen molar-refractivity contribution in [2.45, 2.75) is 44.9 Å². The molecule has 0 amide bonds. The lowest BCUT2D eigenvalue weighted by molar-refractivity contribution is 0.786. The van der Waals surface area contributed by atoms with E-state index in [1.807, 2.05) is 0 Å². The predicted molar refractivity (Wildman–Crippen MR) is 57.0 cm³/mol. The monoisotopic (exact) mass is 174 g/mol. The molecule has 70 valence electrons. The largest absolute Gasteiger partial charge is 0.0651 e. The Labute approximate surface area is 81.0 Å². The van der Waals surface area contributed by atoms with Crippen LogP contribution in [0.1, 0.15) is 44.2 Å². The average molecular weight is 174 g/mol. The van der Waals surface area contributed by atoms with Gasteiger partial charge in [0, 0.05) is 0 Å². The molecule has 1 aliphatic carbocycles. The summed E-state index contributed by atoms with van der Waals surface area (Å²) in [6.45, 7) is 4.60. The summed E-state index contributed by atoms with van der Waals surface area (Å²) in [5.41, 5.74) is 3.55. The van der Waals surface area contributed by atoms with Crippen molar-refractivity contribution in [3.05, 3.63) is 35.4 Å². The van der Waals surface area contributed by atoms with Gasteiger partial charge >= 0.3 is 0 Å². The molecule has 0 aliphatic heterocycles. The van der Waals surface area contributed by atoms with Crippen molar-refractivity contribution < 1.29 is 0 Å². The number of rotatable bonds is 3. The lowest BCUT2D eigenvalue weighted by atomic mass is 9.96. The van der Waals surface area contributed by atoms with E-state index in [0.717, 1.165) is 0 Å². The van der Waals surface area contributed by atoms with E-state index in [1.165, 1.54) is 36.8 Å². The number of aryl methyl sites for hydroxylation is 1. The molecule has 0 heterocycles. The Hall–Kier alpha value is -0.780. The third-order valence-corrected chi connectivity index (χ3v) is 3.19. The van der Waals surface area contributed by atoms with E-state index in [1.54, 1.807) is 0 Å². The van der Waals surface area contributed by atoms with E-state index in [0.29, 0.717) is 5.41 Å². The van der Waals surface area contributed by atoms with Crippen LogP contribution in [-0.2, 0) is 11.8 Å². The Morgan fingerprint density at radius 3 is 2.23 bits per heavy atom. The van der Waals surface area contributed by atoms with Gasteiger partial charge in [-0.2, -0.15) is 0 Å². The van der Waals surface area contributed by atoms with E-state index >= 15 is 0 Å². The molecule has 1 aromatic carbocycles. The Bertz CT molecular complexity index is 277. The van der Waals surface area contributed by atoms with Crippen LogP contribution in [0.15, 0.2) is 24.3 Å². The van der Waals surface area contributed by atoms with Crippen molar-refractivity contribution in [1.29, 1.82) is 0 Å². The van der Waals surface area contributed by atoms with Gasteiger partial charge in [-0.1, -0.05) is 44.5 Å². The average Bonchev–Trinajstić information content (AvgIpc) is 2.87. The SMILES string of the molecule is CCCc1ccc(C2(C)CC2)cc1. The number of hydrogen-bond donors (Lipinski definition) is 0. The third-order valence-electron chi connectivity index (χ3n) is 3.19. The van der Waals surface area contributed by atoms with Crippen molar-refractivity contribution >= 4 is 0 Å². The van der Waals surface area contributed by atoms with Gasteiger partial charge < -0.3 is 0 Å². The first-order chi connectivity index (χ1) is 6.24. The molecule has 0 aromatic heterocycles. The van der Waals surface area contributed by atoms with Crippen LogP contribution in [0.4, 0.5) is 0 Å². The molecule has 2 rings (SSSR count). The first kappa shape index (κ1) is 8.80. The Balaban J connectivity index is 2.14. The number of hydrogen-bond acceptors (Lipinski definition) is 0. The van der Waals surface area contributed by atoms with E-state index in [4.69, 9.17) is 0 Å². The third kappa shape index (κ3) is 1.77. The van der Waals surface area contributed by atoms with Crippen LogP contribution in [-0.4, -0.2) is 0 Å². The quantitative estimate of drug-likeness (QED) is 0.655. The summed E-state index contributed by atoms with van der Waals surface area (Å²) in [7, 11) is 0. The first-order valence-electron chi connectivity index (χ1n) is 5.34. The molecule has 0 saturated heterocycles. The van der Waals surface area contributed by atoms with Gasteiger partial charge in [-0.15, -0.1) is 0 Å². The molecule has 0 radical (unpaired) electrons. The van der Waals surface area contributed by atoms with Crippen LogP contribution in [0.2, 0.25) is 0 Å². The molecule has 0 bridgehead atoms. The summed E-state index contributed by atoms with van der Waals surface area (Å²) in [5.74, 6) is 0. The molecule has 13 heavy (non-hydrogen) atoms. The first-order valence-corrected chi connectivity index (χ1v) is 5.34. The van der Waals surface area contributed by atoms with Crippen LogP contribution >= 0.6 is 0 Å². The lowest BCUT2D eigenvalue weighted by Crippen LogP contribution is -1.99. The molecule has 0 spiro atoms. The maximum atomic E-state index is 2.36. The lowest BCUT2D eigenvalue weighted by Gasteiger charge is -2.09. The summed E-state index contributed by atoms with van der Waals surface area (Å²) >= 11 is 0. The van der Waals surface area contributed by atoms with Crippen LogP contribution in [0.3, 0.4) is 0 Å².